The Balaban J connectivity index is 2.01. The van der Waals surface area contributed by atoms with Crippen molar-refractivity contribution < 1.29 is 9.84 Å². The fourth-order valence-corrected chi connectivity index (χ4v) is 2.80. The van der Waals surface area contributed by atoms with Crippen LogP contribution in [0.2, 0.25) is 0 Å². The van der Waals surface area contributed by atoms with Crippen LogP contribution in [-0.4, -0.2) is 25.4 Å². The highest BCUT2D eigenvalue weighted by molar-refractivity contribution is 5.68. The minimum Gasteiger partial charge on any atom is -0.497 e. The molecule has 1 aromatic rings. The Bertz CT molecular complexity index is 415. The van der Waals surface area contributed by atoms with Crippen molar-refractivity contribution in [3.8, 4) is 5.75 Å². The molecule has 0 atom stereocenters. The average molecular weight is 264 g/mol. The molecule has 4 N–H and O–H groups in total. The van der Waals surface area contributed by atoms with Crippen molar-refractivity contribution in [3.05, 3.63) is 18.2 Å². The molecular formula is C15H24N2O2. The summed E-state index contributed by atoms with van der Waals surface area (Å²) >= 11 is 0. The number of aliphatic hydroxyl groups excluding tert-OH is 1. The number of hydrogen-bond donors (Lipinski definition) is 3. The molecule has 1 saturated carbocycles. The van der Waals surface area contributed by atoms with Crippen molar-refractivity contribution in [2.45, 2.75) is 32.1 Å². The van der Waals surface area contributed by atoms with Crippen molar-refractivity contribution in [3.63, 3.8) is 0 Å². The quantitative estimate of drug-likeness (QED) is 0.715. The van der Waals surface area contributed by atoms with Crippen molar-refractivity contribution in [2.24, 2.45) is 5.41 Å². The number of aliphatic hydroxyl groups is 1. The third kappa shape index (κ3) is 3.32. The first kappa shape index (κ1) is 14.0. The van der Waals surface area contributed by atoms with Crippen LogP contribution in [0, 0.1) is 5.41 Å². The lowest BCUT2D eigenvalue weighted by atomic mass is 9.74. The van der Waals surface area contributed by atoms with E-state index in [9.17, 15) is 5.11 Å². The van der Waals surface area contributed by atoms with Crippen LogP contribution in [0.3, 0.4) is 0 Å². The minimum atomic E-state index is 0.0185. The van der Waals surface area contributed by atoms with Gasteiger partial charge in [0.15, 0.2) is 0 Å². The molecule has 0 aliphatic heterocycles. The molecule has 106 valence electrons. The van der Waals surface area contributed by atoms with E-state index in [0.29, 0.717) is 5.69 Å². The van der Waals surface area contributed by atoms with Crippen LogP contribution in [0.5, 0.6) is 5.75 Å². The van der Waals surface area contributed by atoms with Crippen LogP contribution in [-0.2, 0) is 0 Å². The van der Waals surface area contributed by atoms with Gasteiger partial charge in [0.1, 0.15) is 5.75 Å². The number of nitrogens with two attached hydrogens (primary N) is 1. The molecule has 1 aliphatic carbocycles. The van der Waals surface area contributed by atoms with Gasteiger partial charge in [-0.2, -0.15) is 0 Å². The number of nitrogens with one attached hydrogen (secondary N) is 1. The van der Waals surface area contributed by atoms with Crippen molar-refractivity contribution in [1.82, 2.24) is 0 Å². The number of methoxy groups -OCH3 is 1. The van der Waals surface area contributed by atoms with Gasteiger partial charge in [0.2, 0.25) is 0 Å². The highest BCUT2D eigenvalue weighted by Crippen LogP contribution is 2.36. The van der Waals surface area contributed by atoms with E-state index in [1.165, 1.54) is 19.3 Å². The maximum Gasteiger partial charge on any atom is 0.121 e. The topological polar surface area (TPSA) is 67.5 Å². The highest BCUT2D eigenvalue weighted by Gasteiger charge is 2.31. The second-order valence-corrected chi connectivity index (χ2v) is 5.53. The largest absolute Gasteiger partial charge is 0.497 e. The Morgan fingerprint density at radius 1 is 1.32 bits per heavy atom. The normalized spacial score (nSPS) is 18.0. The van der Waals surface area contributed by atoms with Crippen molar-refractivity contribution in [2.75, 3.05) is 31.3 Å². The van der Waals surface area contributed by atoms with Gasteiger partial charge >= 0.3 is 0 Å². The molecule has 0 unspecified atom stereocenters. The van der Waals surface area contributed by atoms with Crippen LogP contribution < -0.4 is 15.8 Å². The smallest absolute Gasteiger partial charge is 0.121 e. The predicted molar refractivity (Wildman–Crippen MR) is 78.5 cm³/mol. The molecule has 1 aromatic carbocycles. The van der Waals surface area contributed by atoms with E-state index < -0.39 is 0 Å². The van der Waals surface area contributed by atoms with Gasteiger partial charge < -0.3 is 20.9 Å². The van der Waals surface area contributed by atoms with Gasteiger partial charge in [0.05, 0.1) is 25.1 Å². The SMILES string of the molecule is COc1ccc(NCC2(CO)CCCCC2)c(N)c1. The lowest BCUT2D eigenvalue weighted by Crippen LogP contribution is -2.35. The molecular weight excluding hydrogens is 240 g/mol. The summed E-state index contributed by atoms with van der Waals surface area (Å²) in [6.07, 6.45) is 5.88. The summed E-state index contributed by atoms with van der Waals surface area (Å²) in [4.78, 5) is 0. The molecule has 0 spiro atoms. The summed E-state index contributed by atoms with van der Waals surface area (Å²) in [5.74, 6) is 0.762. The summed E-state index contributed by atoms with van der Waals surface area (Å²) in [5.41, 5.74) is 7.61. The van der Waals surface area contributed by atoms with Crippen LogP contribution in [0.1, 0.15) is 32.1 Å². The Morgan fingerprint density at radius 2 is 2.05 bits per heavy atom. The predicted octanol–water partition coefficient (Wildman–Crippen LogP) is 2.63. The first-order chi connectivity index (χ1) is 9.19. The zero-order chi connectivity index (χ0) is 13.7. The van der Waals surface area contributed by atoms with E-state index in [-0.39, 0.29) is 12.0 Å². The monoisotopic (exact) mass is 264 g/mol. The summed E-state index contributed by atoms with van der Waals surface area (Å²) in [6, 6.07) is 5.64. The molecule has 0 radical (unpaired) electrons. The Hall–Kier alpha value is -1.42. The van der Waals surface area contributed by atoms with E-state index in [2.05, 4.69) is 5.32 Å². The van der Waals surface area contributed by atoms with E-state index in [1.807, 2.05) is 18.2 Å². The van der Waals surface area contributed by atoms with Crippen molar-refractivity contribution >= 4 is 11.4 Å². The lowest BCUT2D eigenvalue weighted by molar-refractivity contribution is 0.0944. The van der Waals surface area contributed by atoms with Gasteiger partial charge in [-0.05, 0) is 25.0 Å². The first-order valence-corrected chi connectivity index (χ1v) is 6.97. The van der Waals surface area contributed by atoms with Gasteiger partial charge in [-0.3, -0.25) is 0 Å². The van der Waals surface area contributed by atoms with E-state index in [0.717, 1.165) is 30.8 Å². The summed E-state index contributed by atoms with van der Waals surface area (Å²) in [5, 5.41) is 13.1. The Morgan fingerprint density at radius 3 is 2.63 bits per heavy atom. The number of benzene rings is 1. The molecule has 0 heterocycles. The van der Waals surface area contributed by atoms with Crippen molar-refractivity contribution in [1.29, 1.82) is 0 Å². The van der Waals surface area contributed by atoms with Gasteiger partial charge in [0, 0.05) is 18.0 Å². The van der Waals surface area contributed by atoms with Gasteiger partial charge in [0.25, 0.3) is 0 Å². The third-order valence-electron chi connectivity index (χ3n) is 4.16. The average Bonchev–Trinajstić information content (AvgIpc) is 2.47. The Labute approximate surface area is 115 Å². The highest BCUT2D eigenvalue weighted by atomic mass is 16.5. The number of rotatable bonds is 5. The molecule has 2 rings (SSSR count). The molecule has 0 bridgehead atoms. The van der Waals surface area contributed by atoms with Crippen LogP contribution in [0.4, 0.5) is 11.4 Å². The van der Waals surface area contributed by atoms with E-state index >= 15 is 0 Å². The zero-order valence-electron chi connectivity index (χ0n) is 11.6. The fraction of sp³-hybridized carbons (Fsp3) is 0.600. The number of nitrogen functional groups attached to an aromatic ring is 1. The fourth-order valence-electron chi connectivity index (χ4n) is 2.80. The second-order valence-electron chi connectivity index (χ2n) is 5.53. The Kier molecular flexibility index (Phi) is 4.53. The number of ether oxygens (including phenoxy) is 1. The van der Waals surface area contributed by atoms with Gasteiger partial charge in [-0.1, -0.05) is 19.3 Å². The van der Waals surface area contributed by atoms with Crippen LogP contribution >= 0.6 is 0 Å². The third-order valence-corrected chi connectivity index (χ3v) is 4.16. The molecule has 0 amide bonds. The van der Waals surface area contributed by atoms with Crippen LogP contribution in [0.15, 0.2) is 18.2 Å². The van der Waals surface area contributed by atoms with Gasteiger partial charge in [-0.25, -0.2) is 0 Å². The molecule has 19 heavy (non-hydrogen) atoms. The maximum absolute atomic E-state index is 9.68. The number of anilines is 2. The first-order valence-electron chi connectivity index (χ1n) is 6.97. The molecule has 1 aliphatic rings. The standard InChI is InChI=1S/C15H24N2O2/c1-19-12-5-6-14(13(16)9-12)17-10-15(11-18)7-3-2-4-8-15/h5-6,9,17-18H,2-4,7-8,10-11,16H2,1H3. The molecule has 0 aromatic heterocycles. The lowest BCUT2D eigenvalue weighted by Gasteiger charge is -2.36. The summed E-state index contributed by atoms with van der Waals surface area (Å²) in [6.45, 7) is 1.02. The molecule has 4 heteroatoms. The van der Waals surface area contributed by atoms with E-state index in [4.69, 9.17) is 10.5 Å². The zero-order valence-corrected chi connectivity index (χ0v) is 11.6. The second kappa shape index (κ2) is 6.15. The van der Waals surface area contributed by atoms with Crippen LogP contribution in [0.25, 0.3) is 0 Å². The van der Waals surface area contributed by atoms with Gasteiger partial charge in [-0.15, -0.1) is 0 Å². The number of hydrogen-bond acceptors (Lipinski definition) is 4. The maximum atomic E-state index is 9.68. The van der Waals surface area contributed by atoms with E-state index in [1.54, 1.807) is 7.11 Å². The molecule has 1 fully saturated rings. The minimum absolute atomic E-state index is 0.0185. The summed E-state index contributed by atoms with van der Waals surface area (Å²) in [7, 11) is 1.63. The summed E-state index contributed by atoms with van der Waals surface area (Å²) < 4.78 is 5.14. The molecule has 4 nitrogen and oxygen atoms in total. The molecule has 0 saturated heterocycles.